The normalized spacial score (nSPS) is 20.6. The number of nitrogens with zero attached hydrogens (tertiary/aromatic N) is 3. The molecule has 110 valence electrons. The number of para-hydroxylation sites is 1. The molecule has 1 heterocycles. The minimum absolute atomic E-state index is 0.0376. The molecule has 0 N–H and O–H groups in total. The molecule has 0 unspecified atom stereocenters. The Balaban J connectivity index is 1.65. The smallest absolute Gasteiger partial charge is 0.243 e. The van der Waals surface area contributed by atoms with Crippen molar-refractivity contribution in [3.63, 3.8) is 0 Å². The summed E-state index contributed by atoms with van der Waals surface area (Å²) in [5, 5.41) is 9.25. The van der Waals surface area contributed by atoms with Gasteiger partial charge in [0.2, 0.25) is 5.91 Å². The molecule has 2 aliphatic rings. The van der Waals surface area contributed by atoms with Crippen LogP contribution in [-0.4, -0.2) is 37.0 Å². The van der Waals surface area contributed by atoms with Crippen LogP contribution in [0.3, 0.4) is 0 Å². The number of hydrogen-bond donors (Lipinski definition) is 0. The zero-order valence-corrected chi connectivity index (χ0v) is 11.9. The Morgan fingerprint density at radius 1 is 1.19 bits per heavy atom. The molecule has 5 heteroatoms. The maximum Gasteiger partial charge on any atom is 0.243 e. The fourth-order valence-corrected chi connectivity index (χ4v) is 3.07. The maximum atomic E-state index is 13.8. The summed E-state index contributed by atoms with van der Waals surface area (Å²) in [5.74, 6) is -0.269. The predicted molar refractivity (Wildman–Crippen MR) is 77.1 cm³/mol. The Morgan fingerprint density at radius 3 is 2.38 bits per heavy atom. The SMILES string of the molecule is N#CC1(C(=O)N2CCN(c3ccccc3F)CC2)CCC1. The topological polar surface area (TPSA) is 47.3 Å². The van der Waals surface area contributed by atoms with Crippen LogP contribution < -0.4 is 4.90 Å². The van der Waals surface area contributed by atoms with Crippen LogP contribution in [0.5, 0.6) is 0 Å². The molecule has 1 aromatic carbocycles. The van der Waals surface area contributed by atoms with Crippen LogP contribution in [0.1, 0.15) is 19.3 Å². The van der Waals surface area contributed by atoms with E-state index >= 15 is 0 Å². The number of hydrogen-bond acceptors (Lipinski definition) is 3. The predicted octanol–water partition coefficient (Wildman–Crippen LogP) is 2.17. The second-order valence-electron chi connectivity index (χ2n) is 5.78. The third kappa shape index (κ3) is 2.35. The molecule has 0 atom stereocenters. The molecule has 0 bridgehead atoms. The Labute approximate surface area is 123 Å². The quantitative estimate of drug-likeness (QED) is 0.837. The average molecular weight is 287 g/mol. The van der Waals surface area contributed by atoms with Crippen molar-refractivity contribution >= 4 is 11.6 Å². The van der Waals surface area contributed by atoms with E-state index in [-0.39, 0.29) is 11.7 Å². The Kier molecular flexibility index (Phi) is 3.54. The molecule has 1 saturated carbocycles. The minimum atomic E-state index is -0.778. The van der Waals surface area contributed by atoms with Crippen LogP contribution in [0.25, 0.3) is 0 Å². The van der Waals surface area contributed by atoms with Gasteiger partial charge in [0, 0.05) is 26.2 Å². The van der Waals surface area contributed by atoms with E-state index in [1.807, 2.05) is 11.0 Å². The molecule has 2 fully saturated rings. The maximum absolute atomic E-state index is 13.8. The van der Waals surface area contributed by atoms with Gasteiger partial charge in [-0.05, 0) is 31.4 Å². The number of carbonyl (C=O) groups excluding carboxylic acids is 1. The lowest BCUT2D eigenvalue weighted by molar-refractivity contribution is -0.143. The van der Waals surface area contributed by atoms with Crippen molar-refractivity contribution in [2.45, 2.75) is 19.3 Å². The molecular weight excluding hydrogens is 269 g/mol. The van der Waals surface area contributed by atoms with E-state index in [2.05, 4.69) is 6.07 Å². The summed E-state index contributed by atoms with van der Waals surface area (Å²) in [6, 6.07) is 8.90. The fraction of sp³-hybridized carbons (Fsp3) is 0.500. The van der Waals surface area contributed by atoms with Crippen LogP contribution in [-0.2, 0) is 4.79 Å². The van der Waals surface area contributed by atoms with Gasteiger partial charge in [0.15, 0.2) is 0 Å². The first-order chi connectivity index (χ1) is 10.2. The lowest BCUT2D eigenvalue weighted by atomic mass is 9.69. The van der Waals surface area contributed by atoms with Crippen LogP contribution in [0.15, 0.2) is 24.3 Å². The third-order valence-electron chi connectivity index (χ3n) is 4.59. The molecular formula is C16H18FN3O. The van der Waals surface area contributed by atoms with Gasteiger partial charge < -0.3 is 9.80 Å². The van der Waals surface area contributed by atoms with E-state index in [1.165, 1.54) is 6.07 Å². The van der Waals surface area contributed by atoms with Gasteiger partial charge in [0.1, 0.15) is 11.2 Å². The van der Waals surface area contributed by atoms with Crippen molar-refractivity contribution in [3.05, 3.63) is 30.1 Å². The average Bonchev–Trinajstić information content (AvgIpc) is 2.47. The van der Waals surface area contributed by atoms with Crippen molar-refractivity contribution in [2.24, 2.45) is 5.41 Å². The monoisotopic (exact) mass is 287 g/mol. The Bertz CT molecular complexity index is 583. The number of anilines is 1. The van der Waals surface area contributed by atoms with Crippen LogP contribution in [0, 0.1) is 22.6 Å². The highest BCUT2D eigenvalue weighted by Gasteiger charge is 2.47. The fourth-order valence-electron chi connectivity index (χ4n) is 3.07. The summed E-state index contributed by atoms with van der Waals surface area (Å²) in [7, 11) is 0. The van der Waals surface area contributed by atoms with E-state index in [1.54, 1.807) is 17.0 Å². The summed E-state index contributed by atoms with van der Waals surface area (Å²) >= 11 is 0. The summed E-state index contributed by atoms with van der Waals surface area (Å²) in [5.41, 5.74) is -0.191. The summed E-state index contributed by atoms with van der Waals surface area (Å²) in [4.78, 5) is 16.2. The molecule has 1 amide bonds. The Morgan fingerprint density at radius 2 is 1.86 bits per heavy atom. The zero-order valence-electron chi connectivity index (χ0n) is 11.9. The van der Waals surface area contributed by atoms with Gasteiger partial charge in [-0.1, -0.05) is 12.1 Å². The Hall–Kier alpha value is -2.09. The van der Waals surface area contributed by atoms with Gasteiger partial charge in [-0.15, -0.1) is 0 Å². The molecule has 1 aromatic rings. The van der Waals surface area contributed by atoms with Crippen LogP contribution in [0.2, 0.25) is 0 Å². The number of halogens is 1. The molecule has 21 heavy (non-hydrogen) atoms. The standard InChI is InChI=1S/C16H18FN3O/c17-13-4-1-2-5-14(13)19-8-10-20(11-9-19)15(21)16(12-18)6-3-7-16/h1-2,4-5H,3,6-11H2. The van der Waals surface area contributed by atoms with Crippen molar-refractivity contribution in [2.75, 3.05) is 31.1 Å². The molecule has 0 radical (unpaired) electrons. The number of benzene rings is 1. The van der Waals surface area contributed by atoms with Gasteiger partial charge in [-0.25, -0.2) is 4.39 Å². The summed E-state index contributed by atoms with van der Waals surface area (Å²) in [6.07, 6.45) is 2.31. The summed E-state index contributed by atoms with van der Waals surface area (Å²) in [6.45, 7) is 2.32. The minimum Gasteiger partial charge on any atom is -0.366 e. The molecule has 3 rings (SSSR count). The lowest BCUT2D eigenvalue weighted by Crippen LogP contribution is -2.54. The highest BCUT2D eigenvalue weighted by Crippen LogP contribution is 2.42. The van der Waals surface area contributed by atoms with Crippen LogP contribution >= 0.6 is 0 Å². The third-order valence-corrected chi connectivity index (χ3v) is 4.59. The van der Waals surface area contributed by atoms with Crippen molar-refractivity contribution < 1.29 is 9.18 Å². The molecule has 1 aliphatic carbocycles. The van der Waals surface area contributed by atoms with Gasteiger partial charge in [0.25, 0.3) is 0 Å². The largest absolute Gasteiger partial charge is 0.366 e. The van der Waals surface area contributed by atoms with Crippen LogP contribution in [0.4, 0.5) is 10.1 Å². The number of nitriles is 1. The van der Waals surface area contributed by atoms with Gasteiger partial charge >= 0.3 is 0 Å². The first kappa shape index (κ1) is 13.9. The van der Waals surface area contributed by atoms with Gasteiger partial charge in [-0.3, -0.25) is 4.79 Å². The van der Waals surface area contributed by atoms with Crippen molar-refractivity contribution in [1.29, 1.82) is 5.26 Å². The first-order valence-corrected chi connectivity index (χ1v) is 7.36. The van der Waals surface area contributed by atoms with E-state index in [9.17, 15) is 14.4 Å². The number of rotatable bonds is 2. The van der Waals surface area contributed by atoms with Gasteiger partial charge in [0.05, 0.1) is 11.8 Å². The van der Waals surface area contributed by atoms with Gasteiger partial charge in [-0.2, -0.15) is 5.26 Å². The number of carbonyl (C=O) groups is 1. The first-order valence-electron chi connectivity index (χ1n) is 7.36. The van der Waals surface area contributed by atoms with E-state index in [0.29, 0.717) is 44.7 Å². The molecule has 1 saturated heterocycles. The van der Waals surface area contributed by atoms with E-state index < -0.39 is 5.41 Å². The molecule has 0 spiro atoms. The van der Waals surface area contributed by atoms with Crippen molar-refractivity contribution in [1.82, 2.24) is 4.90 Å². The highest BCUT2D eigenvalue weighted by molar-refractivity contribution is 5.86. The van der Waals surface area contributed by atoms with E-state index in [4.69, 9.17) is 0 Å². The highest BCUT2D eigenvalue weighted by atomic mass is 19.1. The summed E-state index contributed by atoms with van der Waals surface area (Å²) < 4.78 is 13.8. The van der Waals surface area contributed by atoms with E-state index in [0.717, 1.165) is 6.42 Å². The van der Waals surface area contributed by atoms with Crippen molar-refractivity contribution in [3.8, 4) is 6.07 Å². The lowest BCUT2D eigenvalue weighted by Gasteiger charge is -2.42. The second kappa shape index (κ2) is 5.36. The molecule has 4 nitrogen and oxygen atoms in total. The molecule has 0 aromatic heterocycles. The zero-order chi connectivity index (χ0) is 14.9. The number of amides is 1. The molecule has 1 aliphatic heterocycles. The second-order valence-corrected chi connectivity index (χ2v) is 5.78. The number of piperazine rings is 1.